The van der Waals surface area contributed by atoms with Crippen LogP contribution in [-0.4, -0.2) is 9.78 Å². The van der Waals surface area contributed by atoms with Gasteiger partial charge in [0, 0.05) is 23.1 Å². The quantitative estimate of drug-likeness (QED) is 0.767. The van der Waals surface area contributed by atoms with Gasteiger partial charge < -0.3 is 5.73 Å². The molecule has 1 heterocycles. The van der Waals surface area contributed by atoms with Crippen LogP contribution < -0.4 is 5.73 Å². The van der Waals surface area contributed by atoms with Gasteiger partial charge in [-0.15, -0.1) is 0 Å². The summed E-state index contributed by atoms with van der Waals surface area (Å²) in [5.74, 6) is 0. The molecule has 2 aromatic rings. The molecule has 72 valence electrons. The highest BCUT2D eigenvalue weighted by atomic mass is 35.5. The molecule has 0 atom stereocenters. The summed E-state index contributed by atoms with van der Waals surface area (Å²) in [5.41, 5.74) is 7.54. The first kappa shape index (κ1) is 9.09. The van der Waals surface area contributed by atoms with Crippen LogP contribution in [-0.2, 0) is 6.54 Å². The number of benzene rings is 1. The van der Waals surface area contributed by atoms with Gasteiger partial charge >= 0.3 is 0 Å². The number of nitrogens with two attached hydrogens (primary N) is 1. The number of halogens is 1. The molecule has 2 N–H and O–H groups in total. The fourth-order valence-corrected chi connectivity index (χ4v) is 1.46. The molecule has 0 bridgehead atoms. The molecule has 4 heteroatoms. The summed E-state index contributed by atoms with van der Waals surface area (Å²) in [6.45, 7) is 0.677. The van der Waals surface area contributed by atoms with Gasteiger partial charge in [0.2, 0.25) is 0 Å². The third kappa shape index (κ3) is 1.88. The van der Waals surface area contributed by atoms with Crippen LogP contribution in [0, 0.1) is 0 Å². The van der Waals surface area contributed by atoms with Crippen molar-refractivity contribution in [3.8, 4) is 0 Å². The first-order valence-electron chi connectivity index (χ1n) is 4.27. The number of hydrogen-bond acceptors (Lipinski definition) is 2. The van der Waals surface area contributed by atoms with Crippen LogP contribution in [0.15, 0.2) is 36.7 Å². The van der Waals surface area contributed by atoms with E-state index in [0.717, 1.165) is 5.56 Å². The Morgan fingerprint density at radius 1 is 1.43 bits per heavy atom. The summed E-state index contributed by atoms with van der Waals surface area (Å²) >= 11 is 5.80. The smallest absolute Gasteiger partial charge is 0.0679 e. The predicted octanol–water partition coefficient (Wildman–Crippen LogP) is 2.17. The molecule has 0 fully saturated rings. The molecular formula is C10H10ClN3. The molecule has 0 aliphatic heterocycles. The Morgan fingerprint density at radius 3 is 2.93 bits per heavy atom. The van der Waals surface area contributed by atoms with Gasteiger partial charge in [-0.05, 0) is 23.8 Å². The Morgan fingerprint density at radius 2 is 2.29 bits per heavy atom. The number of nitrogens with zero attached hydrogens (tertiary/aromatic N) is 2. The summed E-state index contributed by atoms with van der Waals surface area (Å²) in [6.07, 6.45) is 3.64. The van der Waals surface area contributed by atoms with Gasteiger partial charge in [-0.3, -0.25) is 4.68 Å². The Kier molecular flexibility index (Phi) is 2.41. The van der Waals surface area contributed by atoms with Crippen molar-refractivity contribution in [3.05, 3.63) is 47.2 Å². The SMILES string of the molecule is Nc1cc(Cl)ccc1Cn1cccn1. The molecular weight excluding hydrogens is 198 g/mol. The van der Waals surface area contributed by atoms with Crippen molar-refractivity contribution in [1.82, 2.24) is 9.78 Å². The average molecular weight is 208 g/mol. The molecule has 2 rings (SSSR count). The first-order valence-corrected chi connectivity index (χ1v) is 4.65. The van der Waals surface area contributed by atoms with E-state index in [9.17, 15) is 0 Å². The summed E-state index contributed by atoms with van der Waals surface area (Å²) in [7, 11) is 0. The molecule has 0 amide bonds. The van der Waals surface area contributed by atoms with Crippen molar-refractivity contribution in [2.75, 3.05) is 5.73 Å². The van der Waals surface area contributed by atoms with Crippen LogP contribution in [0.5, 0.6) is 0 Å². The molecule has 14 heavy (non-hydrogen) atoms. The molecule has 3 nitrogen and oxygen atoms in total. The minimum Gasteiger partial charge on any atom is -0.398 e. The predicted molar refractivity (Wildman–Crippen MR) is 57.2 cm³/mol. The van der Waals surface area contributed by atoms with Gasteiger partial charge in [0.25, 0.3) is 0 Å². The van der Waals surface area contributed by atoms with E-state index in [1.165, 1.54) is 0 Å². The van der Waals surface area contributed by atoms with E-state index in [1.807, 2.05) is 29.1 Å². The minimum atomic E-state index is 0.659. The van der Waals surface area contributed by atoms with Gasteiger partial charge in [0.1, 0.15) is 0 Å². The second kappa shape index (κ2) is 3.72. The Hall–Kier alpha value is -1.48. The lowest BCUT2D eigenvalue weighted by atomic mass is 10.2. The maximum Gasteiger partial charge on any atom is 0.0679 e. The van der Waals surface area contributed by atoms with Gasteiger partial charge in [-0.1, -0.05) is 17.7 Å². The van der Waals surface area contributed by atoms with E-state index in [-0.39, 0.29) is 0 Å². The summed E-state index contributed by atoms with van der Waals surface area (Å²) in [6, 6.07) is 7.38. The fraction of sp³-hybridized carbons (Fsp3) is 0.100. The molecule has 0 radical (unpaired) electrons. The molecule has 0 spiro atoms. The van der Waals surface area contributed by atoms with Crippen molar-refractivity contribution in [3.63, 3.8) is 0 Å². The number of nitrogen functional groups attached to an aromatic ring is 1. The lowest BCUT2D eigenvalue weighted by Crippen LogP contribution is -2.03. The third-order valence-corrected chi connectivity index (χ3v) is 2.23. The van der Waals surface area contributed by atoms with Crippen LogP contribution >= 0.6 is 11.6 Å². The van der Waals surface area contributed by atoms with Gasteiger partial charge in [0.15, 0.2) is 0 Å². The number of anilines is 1. The molecule has 0 saturated carbocycles. The van der Waals surface area contributed by atoms with Crippen molar-refractivity contribution >= 4 is 17.3 Å². The third-order valence-electron chi connectivity index (χ3n) is 2.00. The van der Waals surface area contributed by atoms with E-state index >= 15 is 0 Å². The van der Waals surface area contributed by atoms with Gasteiger partial charge in [-0.2, -0.15) is 5.10 Å². The highest BCUT2D eigenvalue weighted by molar-refractivity contribution is 6.30. The fourth-order valence-electron chi connectivity index (χ4n) is 1.28. The lowest BCUT2D eigenvalue weighted by molar-refractivity contribution is 0.688. The zero-order valence-corrected chi connectivity index (χ0v) is 8.28. The van der Waals surface area contributed by atoms with E-state index < -0.39 is 0 Å². The normalized spacial score (nSPS) is 10.4. The summed E-state index contributed by atoms with van der Waals surface area (Å²) in [5, 5.41) is 4.76. The number of aromatic nitrogens is 2. The van der Waals surface area contributed by atoms with Gasteiger partial charge in [0.05, 0.1) is 6.54 Å². The second-order valence-electron chi connectivity index (χ2n) is 3.05. The van der Waals surface area contributed by atoms with Crippen LogP contribution in [0.4, 0.5) is 5.69 Å². The summed E-state index contributed by atoms with van der Waals surface area (Å²) in [4.78, 5) is 0. The molecule has 0 saturated heterocycles. The number of rotatable bonds is 2. The van der Waals surface area contributed by atoms with Gasteiger partial charge in [-0.25, -0.2) is 0 Å². The Balaban J connectivity index is 2.25. The Bertz CT molecular complexity index is 423. The summed E-state index contributed by atoms with van der Waals surface area (Å²) < 4.78 is 1.82. The van der Waals surface area contributed by atoms with Crippen LogP contribution in [0.2, 0.25) is 5.02 Å². The zero-order chi connectivity index (χ0) is 9.97. The van der Waals surface area contributed by atoms with Crippen molar-refractivity contribution in [2.24, 2.45) is 0 Å². The van der Waals surface area contributed by atoms with Crippen molar-refractivity contribution in [1.29, 1.82) is 0 Å². The van der Waals surface area contributed by atoms with E-state index in [4.69, 9.17) is 17.3 Å². The highest BCUT2D eigenvalue weighted by Crippen LogP contribution is 2.18. The molecule has 1 aromatic heterocycles. The minimum absolute atomic E-state index is 0.659. The zero-order valence-electron chi connectivity index (χ0n) is 7.52. The van der Waals surface area contributed by atoms with Crippen molar-refractivity contribution in [2.45, 2.75) is 6.54 Å². The highest BCUT2D eigenvalue weighted by Gasteiger charge is 2.00. The largest absolute Gasteiger partial charge is 0.398 e. The maximum absolute atomic E-state index is 5.81. The van der Waals surface area contributed by atoms with Crippen LogP contribution in [0.25, 0.3) is 0 Å². The lowest BCUT2D eigenvalue weighted by Gasteiger charge is -2.05. The monoisotopic (exact) mass is 207 g/mol. The standard InChI is InChI=1S/C10H10ClN3/c11-9-3-2-8(10(12)6-9)7-14-5-1-4-13-14/h1-6H,7,12H2. The second-order valence-corrected chi connectivity index (χ2v) is 3.48. The maximum atomic E-state index is 5.81. The van der Waals surface area contributed by atoms with Crippen LogP contribution in [0.1, 0.15) is 5.56 Å². The molecule has 0 aliphatic carbocycles. The Labute approximate surface area is 87.1 Å². The van der Waals surface area contributed by atoms with Crippen LogP contribution in [0.3, 0.4) is 0 Å². The first-order chi connectivity index (χ1) is 6.75. The molecule has 0 unspecified atom stereocenters. The van der Waals surface area contributed by atoms with Crippen molar-refractivity contribution < 1.29 is 0 Å². The van der Waals surface area contributed by atoms with E-state index in [2.05, 4.69) is 5.10 Å². The topological polar surface area (TPSA) is 43.8 Å². The molecule has 1 aromatic carbocycles. The van der Waals surface area contributed by atoms with E-state index in [0.29, 0.717) is 17.3 Å². The van der Waals surface area contributed by atoms with E-state index in [1.54, 1.807) is 12.3 Å². The number of hydrogen-bond donors (Lipinski definition) is 1. The molecule has 0 aliphatic rings. The average Bonchev–Trinajstić information content (AvgIpc) is 2.62.